The molecule has 15 heteroatoms. The molecular formula is C24H26ClF4N7O2S. The number of halogens is 5. The number of aromatic nitrogens is 4. The predicted octanol–water partition coefficient (Wildman–Crippen LogP) is 4.18. The fourth-order valence-corrected chi connectivity index (χ4v) is 5.78. The Bertz CT molecular complexity index is 1470. The number of anilines is 1. The van der Waals surface area contributed by atoms with Gasteiger partial charge in [0.25, 0.3) is 0 Å². The highest BCUT2D eigenvalue weighted by Gasteiger charge is 2.36. The molecule has 0 spiro atoms. The number of sulfonamides is 1. The van der Waals surface area contributed by atoms with Gasteiger partial charge in [-0.05, 0) is 38.4 Å². The number of nitrogens with one attached hydrogen (secondary N) is 1. The van der Waals surface area contributed by atoms with Crippen LogP contribution in [0.1, 0.15) is 30.4 Å². The number of hydrogen-bond donors (Lipinski definition) is 1. The minimum atomic E-state index is -4.75. The Balaban J connectivity index is 1.40. The molecule has 0 aliphatic carbocycles. The van der Waals surface area contributed by atoms with E-state index in [-0.39, 0.29) is 41.5 Å². The van der Waals surface area contributed by atoms with Gasteiger partial charge in [0.05, 0.1) is 11.9 Å². The second-order valence-electron chi connectivity index (χ2n) is 9.70. The van der Waals surface area contributed by atoms with Gasteiger partial charge >= 0.3 is 6.18 Å². The van der Waals surface area contributed by atoms with Crippen LogP contribution >= 0.6 is 11.6 Å². The lowest BCUT2D eigenvalue weighted by molar-refractivity contribution is -0.137. The smallest absolute Gasteiger partial charge is 0.351 e. The molecule has 2 aromatic heterocycles. The van der Waals surface area contributed by atoms with Crippen molar-refractivity contribution in [1.29, 1.82) is 0 Å². The van der Waals surface area contributed by atoms with Crippen molar-refractivity contribution in [3.8, 4) is 17.1 Å². The normalized spacial score (nSPS) is 17.8. The molecule has 2 saturated heterocycles. The van der Waals surface area contributed by atoms with Gasteiger partial charge in [0.15, 0.2) is 0 Å². The Hall–Kier alpha value is -2.81. The Morgan fingerprint density at radius 3 is 2.46 bits per heavy atom. The maximum atomic E-state index is 15.0. The average Bonchev–Trinajstić information content (AvgIpc) is 3.33. The Morgan fingerprint density at radius 2 is 1.85 bits per heavy atom. The summed E-state index contributed by atoms with van der Waals surface area (Å²) in [6, 6.07) is 2.99. The van der Waals surface area contributed by atoms with E-state index in [2.05, 4.69) is 25.2 Å². The summed E-state index contributed by atoms with van der Waals surface area (Å²) < 4.78 is 82.7. The zero-order chi connectivity index (χ0) is 27.9. The van der Waals surface area contributed by atoms with Crippen molar-refractivity contribution in [2.24, 2.45) is 0 Å². The molecule has 0 radical (unpaired) electrons. The molecule has 2 aliphatic rings. The first-order chi connectivity index (χ1) is 18.4. The molecule has 5 rings (SSSR count). The summed E-state index contributed by atoms with van der Waals surface area (Å²) in [5.74, 6) is -0.618. The van der Waals surface area contributed by atoms with Gasteiger partial charge in [-0.1, -0.05) is 17.7 Å². The second-order valence-corrected chi connectivity index (χ2v) is 12.1. The minimum Gasteiger partial charge on any atom is -0.351 e. The molecule has 1 aromatic carbocycles. The molecule has 39 heavy (non-hydrogen) atoms. The van der Waals surface area contributed by atoms with Crippen LogP contribution in [0.25, 0.3) is 17.1 Å². The van der Waals surface area contributed by atoms with Gasteiger partial charge in [-0.25, -0.2) is 32.1 Å². The van der Waals surface area contributed by atoms with Crippen molar-refractivity contribution in [2.45, 2.75) is 38.0 Å². The van der Waals surface area contributed by atoms with Crippen LogP contribution in [0, 0.1) is 5.82 Å². The van der Waals surface area contributed by atoms with Gasteiger partial charge in [-0.3, -0.25) is 4.90 Å². The van der Waals surface area contributed by atoms with Crippen molar-refractivity contribution in [2.75, 3.05) is 37.8 Å². The molecule has 0 bridgehead atoms. The summed E-state index contributed by atoms with van der Waals surface area (Å²) in [4.78, 5) is 14.2. The van der Waals surface area contributed by atoms with E-state index < -0.39 is 33.3 Å². The lowest BCUT2D eigenvalue weighted by Crippen LogP contribution is -2.42. The number of likely N-dealkylation sites (tertiary alicyclic amines) is 1. The highest BCUT2D eigenvalue weighted by atomic mass is 35.5. The quantitative estimate of drug-likeness (QED) is 0.414. The minimum absolute atomic E-state index is 0.0372. The lowest BCUT2D eigenvalue weighted by Gasteiger charge is -2.30. The van der Waals surface area contributed by atoms with Crippen LogP contribution in [0.5, 0.6) is 0 Å². The van der Waals surface area contributed by atoms with Crippen LogP contribution in [0.15, 0.2) is 30.9 Å². The van der Waals surface area contributed by atoms with E-state index >= 15 is 0 Å². The van der Waals surface area contributed by atoms with Crippen molar-refractivity contribution < 1.29 is 26.0 Å². The number of benzene rings is 1. The van der Waals surface area contributed by atoms with E-state index in [0.29, 0.717) is 31.1 Å². The summed E-state index contributed by atoms with van der Waals surface area (Å²) in [6.45, 7) is 2.77. The highest BCUT2D eigenvalue weighted by molar-refractivity contribution is 7.88. The lowest BCUT2D eigenvalue weighted by atomic mass is 10.1. The monoisotopic (exact) mass is 587 g/mol. The molecule has 210 valence electrons. The van der Waals surface area contributed by atoms with Gasteiger partial charge < -0.3 is 9.88 Å². The Morgan fingerprint density at radius 1 is 1.13 bits per heavy atom. The third-order valence-corrected chi connectivity index (χ3v) is 8.60. The molecule has 9 nitrogen and oxygen atoms in total. The molecule has 0 atom stereocenters. The molecular weight excluding hydrogens is 562 g/mol. The first kappa shape index (κ1) is 27.7. The van der Waals surface area contributed by atoms with Crippen LogP contribution in [-0.4, -0.2) is 75.6 Å². The van der Waals surface area contributed by atoms with Crippen LogP contribution < -0.4 is 5.32 Å². The van der Waals surface area contributed by atoms with E-state index in [9.17, 15) is 26.0 Å². The fourth-order valence-electron chi connectivity index (χ4n) is 4.63. The van der Waals surface area contributed by atoms with Gasteiger partial charge in [0, 0.05) is 43.6 Å². The van der Waals surface area contributed by atoms with Crippen LogP contribution in [0.4, 0.5) is 23.5 Å². The van der Waals surface area contributed by atoms with Crippen LogP contribution in [0.3, 0.4) is 0 Å². The zero-order valence-electron chi connectivity index (χ0n) is 20.9. The van der Waals surface area contributed by atoms with Gasteiger partial charge in [0.2, 0.25) is 16.0 Å². The van der Waals surface area contributed by atoms with E-state index in [1.807, 2.05) is 0 Å². The standard InChI is InChI=1S/C24H26ClF4N7O2S/c1-39(37,38)36-9-5-16(6-10-36)32-23-30-11-17(24(27,28)29)22(33-23)18-13-35(14-31-18)19-4-3-15(21(26)20(19)25)12-34-7-2-8-34/h3-4,11,13-14,16H,2,5-10,12H2,1H3,(H,30,32,33). The Labute approximate surface area is 227 Å². The first-order valence-corrected chi connectivity index (χ1v) is 14.5. The summed E-state index contributed by atoms with van der Waals surface area (Å²) >= 11 is 6.31. The van der Waals surface area contributed by atoms with Crippen molar-refractivity contribution in [3.63, 3.8) is 0 Å². The molecule has 0 amide bonds. The Kier molecular flexibility index (Phi) is 7.57. The molecule has 3 aromatic rings. The van der Waals surface area contributed by atoms with E-state index in [0.717, 1.165) is 25.8 Å². The number of rotatable bonds is 7. The fraction of sp³-hybridized carbons (Fsp3) is 0.458. The molecule has 4 heterocycles. The van der Waals surface area contributed by atoms with Gasteiger partial charge in [-0.2, -0.15) is 13.2 Å². The largest absolute Gasteiger partial charge is 0.420 e. The molecule has 0 saturated carbocycles. The highest BCUT2D eigenvalue weighted by Crippen LogP contribution is 2.36. The second kappa shape index (κ2) is 10.6. The maximum absolute atomic E-state index is 15.0. The van der Waals surface area contributed by atoms with E-state index in [1.165, 1.54) is 21.4 Å². The molecule has 2 aliphatic heterocycles. The maximum Gasteiger partial charge on any atom is 0.420 e. The summed E-state index contributed by atoms with van der Waals surface area (Å²) in [6.07, 6.45) is 1.58. The number of alkyl halides is 3. The predicted molar refractivity (Wildman–Crippen MR) is 138 cm³/mol. The van der Waals surface area contributed by atoms with Crippen LogP contribution in [-0.2, 0) is 22.7 Å². The molecule has 2 fully saturated rings. The average molecular weight is 588 g/mol. The number of imidazole rings is 1. The number of hydrogen-bond acceptors (Lipinski definition) is 7. The number of piperidine rings is 1. The molecule has 1 N–H and O–H groups in total. The SMILES string of the molecule is CS(=O)(=O)N1CCC(Nc2ncc(C(F)(F)F)c(-c3cn(-c4ccc(CN5CCC5)c(F)c4Cl)cn3)n2)CC1. The summed E-state index contributed by atoms with van der Waals surface area (Å²) in [7, 11) is -3.32. The first-order valence-electron chi connectivity index (χ1n) is 12.3. The number of nitrogens with zero attached hydrogens (tertiary/aromatic N) is 6. The van der Waals surface area contributed by atoms with Crippen LogP contribution in [0.2, 0.25) is 5.02 Å². The van der Waals surface area contributed by atoms with E-state index in [1.54, 1.807) is 12.1 Å². The summed E-state index contributed by atoms with van der Waals surface area (Å²) in [5.41, 5.74) is -0.942. The zero-order valence-corrected chi connectivity index (χ0v) is 22.5. The van der Waals surface area contributed by atoms with Crippen molar-refractivity contribution in [3.05, 3.63) is 52.8 Å². The van der Waals surface area contributed by atoms with E-state index in [4.69, 9.17) is 11.6 Å². The molecule has 0 unspecified atom stereocenters. The summed E-state index contributed by atoms with van der Waals surface area (Å²) in [5, 5.41) is 2.85. The van der Waals surface area contributed by atoms with Gasteiger partial charge in [0.1, 0.15) is 34.1 Å². The third kappa shape index (κ3) is 6.03. The third-order valence-electron chi connectivity index (χ3n) is 6.94. The van der Waals surface area contributed by atoms with Crippen molar-refractivity contribution >= 4 is 27.6 Å². The topological polar surface area (TPSA) is 96.2 Å². The van der Waals surface area contributed by atoms with Crippen molar-refractivity contribution in [1.82, 2.24) is 28.7 Å². The van der Waals surface area contributed by atoms with Gasteiger partial charge in [-0.15, -0.1) is 0 Å².